The highest BCUT2D eigenvalue weighted by Gasteiger charge is 2.09. The summed E-state index contributed by atoms with van der Waals surface area (Å²) in [5.74, 6) is 0.550. The molecule has 2 aromatic heterocycles. The van der Waals surface area contributed by atoms with Crippen molar-refractivity contribution < 1.29 is 4.42 Å². The minimum atomic E-state index is 0.550. The first kappa shape index (κ1) is 9.84. The number of pyridine rings is 1. The van der Waals surface area contributed by atoms with Gasteiger partial charge in [0, 0.05) is 17.4 Å². The van der Waals surface area contributed by atoms with Crippen molar-refractivity contribution in [2.24, 2.45) is 0 Å². The van der Waals surface area contributed by atoms with Gasteiger partial charge in [0.2, 0.25) is 5.89 Å². The highest BCUT2D eigenvalue weighted by Crippen LogP contribution is 2.25. The lowest BCUT2D eigenvalue weighted by molar-refractivity contribution is 0.619. The molecule has 0 atom stereocenters. The predicted molar refractivity (Wildman–Crippen MR) is 66.4 cm³/mol. The lowest BCUT2D eigenvalue weighted by Crippen LogP contribution is -1.87. The topological polar surface area (TPSA) is 64.9 Å². The van der Waals surface area contributed by atoms with Crippen LogP contribution < -0.4 is 5.73 Å². The fourth-order valence-corrected chi connectivity index (χ4v) is 1.83. The highest BCUT2D eigenvalue weighted by molar-refractivity contribution is 5.73. The predicted octanol–water partition coefficient (Wildman–Crippen LogP) is 2.78. The monoisotopic (exact) mass is 225 g/mol. The van der Waals surface area contributed by atoms with Crippen LogP contribution in [-0.4, -0.2) is 9.97 Å². The molecule has 0 spiro atoms. The number of aromatic nitrogens is 2. The second-order valence-corrected chi connectivity index (χ2v) is 3.98. The second kappa shape index (κ2) is 3.59. The third-order valence-electron chi connectivity index (χ3n) is 2.51. The zero-order valence-electron chi connectivity index (χ0n) is 9.34. The first-order chi connectivity index (χ1) is 8.22. The summed E-state index contributed by atoms with van der Waals surface area (Å²) in [7, 11) is 0. The van der Waals surface area contributed by atoms with Crippen LogP contribution in [0.5, 0.6) is 0 Å². The van der Waals surface area contributed by atoms with Gasteiger partial charge < -0.3 is 10.2 Å². The number of oxazole rings is 1. The van der Waals surface area contributed by atoms with Crippen LogP contribution in [0.1, 0.15) is 5.56 Å². The summed E-state index contributed by atoms with van der Waals surface area (Å²) in [6.45, 7) is 1.99. The molecular formula is C13H11N3O. The maximum Gasteiger partial charge on any atom is 0.228 e. The molecule has 0 amide bonds. The summed E-state index contributed by atoms with van der Waals surface area (Å²) >= 11 is 0. The first-order valence-electron chi connectivity index (χ1n) is 5.31. The zero-order valence-corrected chi connectivity index (χ0v) is 9.34. The lowest BCUT2D eigenvalue weighted by Gasteiger charge is -2.00. The molecule has 0 radical (unpaired) electrons. The van der Waals surface area contributed by atoms with Gasteiger partial charge in [-0.3, -0.25) is 0 Å². The summed E-state index contributed by atoms with van der Waals surface area (Å²) in [6.07, 6.45) is 1.69. The zero-order chi connectivity index (χ0) is 11.8. The minimum absolute atomic E-state index is 0.550. The first-order valence-corrected chi connectivity index (χ1v) is 5.31. The van der Waals surface area contributed by atoms with E-state index < -0.39 is 0 Å². The Bertz CT molecular complexity index is 635. The number of rotatable bonds is 1. The smallest absolute Gasteiger partial charge is 0.228 e. The van der Waals surface area contributed by atoms with Gasteiger partial charge in [-0.05, 0) is 42.8 Å². The van der Waals surface area contributed by atoms with E-state index in [2.05, 4.69) is 9.97 Å². The molecule has 4 heteroatoms. The lowest BCUT2D eigenvalue weighted by atomic mass is 10.1. The van der Waals surface area contributed by atoms with E-state index in [9.17, 15) is 0 Å². The summed E-state index contributed by atoms with van der Waals surface area (Å²) in [4.78, 5) is 8.47. The van der Waals surface area contributed by atoms with Crippen LogP contribution >= 0.6 is 0 Å². The van der Waals surface area contributed by atoms with Gasteiger partial charge in [-0.1, -0.05) is 0 Å². The van der Waals surface area contributed by atoms with Crippen molar-refractivity contribution in [3.8, 4) is 11.5 Å². The average molecular weight is 225 g/mol. The van der Waals surface area contributed by atoms with Crippen molar-refractivity contribution in [3.63, 3.8) is 0 Å². The van der Waals surface area contributed by atoms with Crippen molar-refractivity contribution in [1.29, 1.82) is 0 Å². The van der Waals surface area contributed by atoms with E-state index >= 15 is 0 Å². The summed E-state index contributed by atoms with van der Waals surface area (Å²) in [6, 6.07) is 9.41. The molecule has 17 heavy (non-hydrogen) atoms. The van der Waals surface area contributed by atoms with E-state index in [0.717, 1.165) is 11.1 Å². The van der Waals surface area contributed by atoms with Crippen molar-refractivity contribution in [2.45, 2.75) is 6.92 Å². The van der Waals surface area contributed by atoms with Gasteiger partial charge in [-0.15, -0.1) is 0 Å². The Morgan fingerprint density at radius 3 is 2.88 bits per heavy atom. The molecule has 0 fully saturated rings. The SMILES string of the molecule is Cc1cc(N)cc(-c2nc3ncccc3o2)c1. The van der Waals surface area contributed by atoms with Crippen LogP contribution in [0.4, 0.5) is 5.69 Å². The van der Waals surface area contributed by atoms with E-state index in [-0.39, 0.29) is 0 Å². The number of hydrogen-bond donors (Lipinski definition) is 1. The number of hydrogen-bond acceptors (Lipinski definition) is 4. The van der Waals surface area contributed by atoms with Gasteiger partial charge in [0.05, 0.1) is 0 Å². The number of aryl methyl sites for hydroxylation is 1. The molecule has 3 aromatic rings. The van der Waals surface area contributed by atoms with E-state index in [0.29, 0.717) is 22.8 Å². The molecule has 1 aromatic carbocycles. The fourth-order valence-electron chi connectivity index (χ4n) is 1.83. The van der Waals surface area contributed by atoms with Gasteiger partial charge in [-0.2, -0.15) is 4.98 Å². The Balaban J connectivity index is 2.20. The fraction of sp³-hybridized carbons (Fsp3) is 0.0769. The number of nitrogens with two attached hydrogens (primary N) is 1. The molecule has 0 bridgehead atoms. The molecule has 84 valence electrons. The number of fused-ring (bicyclic) bond motifs is 1. The van der Waals surface area contributed by atoms with Gasteiger partial charge in [0.25, 0.3) is 0 Å². The maximum atomic E-state index is 5.81. The molecule has 0 saturated heterocycles. The number of anilines is 1. The second-order valence-electron chi connectivity index (χ2n) is 3.98. The van der Waals surface area contributed by atoms with Crippen LogP contribution in [0.3, 0.4) is 0 Å². The standard InChI is InChI=1S/C13H11N3O/c1-8-5-9(7-10(14)6-8)13-16-12-11(17-13)3-2-4-15-12/h2-7H,14H2,1H3. The molecule has 0 aliphatic rings. The van der Waals surface area contributed by atoms with E-state index in [4.69, 9.17) is 10.2 Å². The molecule has 2 N–H and O–H groups in total. The minimum Gasteiger partial charge on any atom is -0.434 e. The van der Waals surface area contributed by atoms with Crippen LogP contribution in [0.2, 0.25) is 0 Å². The van der Waals surface area contributed by atoms with Crippen LogP contribution in [0, 0.1) is 6.92 Å². The summed E-state index contributed by atoms with van der Waals surface area (Å²) in [5, 5.41) is 0. The Labute approximate surface area is 98.1 Å². The Kier molecular flexibility index (Phi) is 2.08. The largest absolute Gasteiger partial charge is 0.434 e. The number of benzene rings is 1. The van der Waals surface area contributed by atoms with Crippen molar-refractivity contribution in [1.82, 2.24) is 9.97 Å². The highest BCUT2D eigenvalue weighted by atomic mass is 16.3. The molecule has 0 saturated carbocycles. The van der Waals surface area contributed by atoms with Crippen LogP contribution in [-0.2, 0) is 0 Å². The molecule has 0 aliphatic carbocycles. The van der Waals surface area contributed by atoms with Gasteiger partial charge in [0.1, 0.15) is 0 Å². The van der Waals surface area contributed by atoms with E-state index in [1.165, 1.54) is 0 Å². The molecular weight excluding hydrogens is 214 g/mol. The normalized spacial score (nSPS) is 10.9. The molecule has 3 rings (SSSR count). The van der Waals surface area contributed by atoms with Gasteiger partial charge >= 0.3 is 0 Å². The third-order valence-corrected chi connectivity index (χ3v) is 2.51. The summed E-state index contributed by atoms with van der Waals surface area (Å²) < 4.78 is 5.63. The summed E-state index contributed by atoms with van der Waals surface area (Å²) in [5.41, 5.74) is 9.76. The quantitative estimate of drug-likeness (QED) is 0.647. The Hall–Kier alpha value is -2.36. The van der Waals surface area contributed by atoms with Crippen molar-refractivity contribution in [3.05, 3.63) is 42.1 Å². The number of nitrogens with zero attached hydrogens (tertiary/aromatic N) is 2. The van der Waals surface area contributed by atoms with E-state index in [1.807, 2.05) is 37.3 Å². The Morgan fingerprint density at radius 2 is 2.12 bits per heavy atom. The number of nitrogen functional groups attached to an aromatic ring is 1. The third kappa shape index (κ3) is 1.73. The average Bonchev–Trinajstić information content (AvgIpc) is 2.71. The van der Waals surface area contributed by atoms with Crippen LogP contribution in [0.15, 0.2) is 40.9 Å². The molecule has 0 unspecified atom stereocenters. The molecule has 4 nitrogen and oxygen atoms in total. The Morgan fingerprint density at radius 1 is 1.24 bits per heavy atom. The molecule has 2 heterocycles. The van der Waals surface area contributed by atoms with Gasteiger partial charge in [-0.25, -0.2) is 4.98 Å². The molecule has 0 aliphatic heterocycles. The van der Waals surface area contributed by atoms with Crippen molar-refractivity contribution >= 4 is 16.9 Å². The maximum absolute atomic E-state index is 5.81. The van der Waals surface area contributed by atoms with Crippen molar-refractivity contribution in [2.75, 3.05) is 5.73 Å². The van der Waals surface area contributed by atoms with Gasteiger partial charge in [0.15, 0.2) is 11.2 Å². The van der Waals surface area contributed by atoms with E-state index in [1.54, 1.807) is 6.20 Å². The van der Waals surface area contributed by atoms with Crippen LogP contribution in [0.25, 0.3) is 22.7 Å².